The predicted octanol–water partition coefficient (Wildman–Crippen LogP) is 2.57. The van der Waals surface area contributed by atoms with E-state index in [1.54, 1.807) is 30.3 Å². The zero-order valence-electron chi connectivity index (χ0n) is 16.0. The highest BCUT2D eigenvalue weighted by atomic mass is 16.6. The summed E-state index contributed by atoms with van der Waals surface area (Å²) in [6, 6.07) is 13.1. The van der Waals surface area contributed by atoms with E-state index in [0.717, 1.165) is 12.1 Å². The average molecular weight is 433 g/mol. The molecule has 0 aliphatic rings. The zero-order chi connectivity index (χ0) is 23.6. The minimum Gasteiger partial charge on any atom is -0.481 e. The number of carboxylic acid groups (broad SMARTS) is 4. The number of aliphatic carboxylic acids is 4. The van der Waals surface area contributed by atoms with Crippen LogP contribution in [0.5, 0.6) is 0 Å². The molecule has 2 rings (SSSR count). The van der Waals surface area contributed by atoms with Crippen molar-refractivity contribution in [2.45, 2.75) is 24.7 Å². The first-order chi connectivity index (χ1) is 14.5. The molecule has 2 aromatic rings. The number of hydrogen-bond acceptors (Lipinski definition) is 6. The van der Waals surface area contributed by atoms with Crippen LogP contribution in [0.3, 0.4) is 0 Å². The van der Waals surface area contributed by atoms with Gasteiger partial charge in [-0.1, -0.05) is 42.5 Å². The van der Waals surface area contributed by atoms with Crippen LogP contribution in [-0.2, 0) is 19.2 Å². The highest BCUT2D eigenvalue weighted by Crippen LogP contribution is 2.23. The van der Waals surface area contributed by atoms with Gasteiger partial charge in [0.25, 0.3) is 5.69 Å². The fourth-order valence-electron chi connectivity index (χ4n) is 2.56. The van der Waals surface area contributed by atoms with E-state index in [1.165, 1.54) is 12.1 Å². The fourth-order valence-corrected chi connectivity index (χ4v) is 2.56. The monoisotopic (exact) mass is 433 g/mol. The minimum atomic E-state index is -1.28. The highest BCUT2D eigenvalue weighted by molar-refractivity contribution is 5.83. The Morgan fingerprint density at radius 2 is 1.10 bits per heavy atom. The lowest BCUT2D eigenvalue weighted by molar-refractivity contribution is -0.384. The number of carboxylic acids is 4. The summed E-state index contributed by atoms with van der Waals surface area (Å²) in [4.78, 5) is 52.3. The Labute approximate surface area is 175 Å². The van der Waals surface area contributed by atoms with E-state index >= 15 is 0 Å². The van der Waals surface area contributed by atoms with E-state index in [9.17, 15) is 29.3 Å². The molecule has 4 N–H and O–H groups in total. The van der Waals surface area contributed by atoms with Gasteiger partial charge in [0.2, 0.25) is 0 Å². The quantitative estimate of drug-likeness (QED) is 0.337. The molecular formula is C20H19NO10. The molecule has 164 valence electrons. The lowest BCUT2D eigenvalue weighted by Crippen LogP contribution is -2.15. The summed E-state index contributed by atoms with van der Waals surface area (Å²) in [7, 11) is 0. The zero-order valence-corrected chi connectivity index (χ0v) is 16.0. The summed E-state index contributed by atoms with van der Waals surface area (Å²) in [6.07, 6.45) is -0.952. The molecule has 0 saturated carbocycles. The minimum absolute atomic E-state index is 0.173. The molecule has 0 heterocycles. The van der Waals surface area contributed by atoms with E-state index < -0.39 is 47.1 Å². The van der Waals surface area contributed by atoms with Crippen molar-refractivity contribution in [1.82, 2.24) is 0 Å². The van der Waals surface area contributed by atoms with Crippen LogP contribution in [0.2, 0.25) is 0 Å². The lowest BCUT2D eigenvalue weighted by atomic mass is 9.96. The van der Waals surface area contributed by atoms with Crippen molar-refractivity contribution in [1.29, 1.82) is 0 Å². The van der Waals surface area contributed by atoms with Gasteiger partial charge in [-0.3, -0.25) is 29.3 Å². The van der Waals surface area contributed by atoms with E-state index in [1.807, 2.05) is 0 Å². The van der Waals surface area contributed by atoms with Crippen LogP contribution in [-0.4, -0.2) is 49.2 Å². The van der Waals surface area contributed by atoms with Crippen LogP contribution >= 0.6 is 0 Å². The number of hydrogen-bond donors (Lipinski definition) is 4. The van der Waals surface area contributed by atoms with Gasteiger partial charge < -0.3 is 20.4 Å². The van der Waals surface area contributed by atoms with Gasteiger partial charge in [-0.25, -0.2) is 0 Å². The van der Waals surface area contributed by atoms with Gasteiger partial charge in [0.15, 0.2) is 0 Å². The van der Waals surface area contributed by atoms with Gasteiger partial charge in [0, 0.05) is 12.1 Å². The number of nitro groups is 1. The van der Waals surface area contributed by atoms with Crippen LogP contribution in [0.4, 0.5) is 5.69 Å². The van der Waals surface area contributed by atoms with Crippen LogP contribution in [0, 0.1) is 10.1 Å². The number of nitro benzene ring substituents is 1. The van der Waals surface area contributed by atoms with Crippen molar-refractivity contribution in [2.24, 2.45) is 0 Å². The molecule has 0 radical (unpaired) electrons. The Morgan fingerprint density at radius 3 is 1.42 bits per heavy atom. The Morgan fingerprint density at radius 1 is 0.710 bits per heavy atom. The Kier molecular flexibility index (Phi) is 9.31. The summed E-state index contributed by atoms with van der Waals surface area (Å²) >= 11 is 0. The number of rotatable bonds is 9. The molecule has 0 fully saturated rings. The lowest BCUT2D eigenvalue weighted by Gasteiger charge is -2.09. The smallest absolute Gasteiger partial charge is 0.311 e. The molecular weight excluding hydrogens is 414 g/mol. The van der Waals surface area contributed by atoms with Crippen molar-refractivity contribution < 1.29 is 44.5 Å². The second-order valence-electron chi connectivity index (χ2n) is 6.24. The van der Waals surface area contributed by atoms with Crippen molar-refractivity contribution in [2.75, 3.05) is 0 Å². The summed E-state index contributed by atoms with van der Waals surface area (Å²) < 4.78 is 0. The number of benzene rings is 2. The molecule has 0 amide bonds. The summed E-state index contributed by atoms with van der Waals surface area (Å²) in [5.41, 5.74) is 0.570. The van der Waals surface area contributed by atoms with Gasteiger partial charge in [0.1, 0.15) is 0 Å². The SMILES string of the molecule is O=C(O)CC(C(=O)O)c1ccc([N+](=O)[O-])cc1.O=C(O)CC(C(=O)O)c1ccccc1. The molecule has 11 nitrogen and oxygen atoms in total. The molecule has 0 aliphatic heterocycles. The molecule has 2 atom stereocenters. The molecule has 0 saturated heterocycles. The standard InChI is InChI=1S/C10H9NO6.C10H10O4/c12-9(13)5-8(10(14)15)6-1-3-7(4-2-6)11(16)17;11-9(12)6-8(10(13)14)7-4-2-1-3-5-7/h1-4,8H,5H2,(H,12,13)(H,14,15);1-5,8H,6H2,(H,11,12)(H,13,14). The molecule has 31 heavy (non-hydrogen) atoms. The Balaban J connectivity index is 0.000000316. The molecule has 0 aliphatic carbocycles. The van der Waals surface area contributed by atoms with Gasteiger partial charge in [0.05, 0.1) is 29.6 Å². The van der Waals surface area contributed by atoms with Gasteiger partial charge in [-0.05, 0) is 11.1 Å². The maximum atomic E-state index is 10.9. The van der Waals surface area contributed by atoms with E-state index in [0.29, 0.717) is 5.56 Å². The Hall–Kier alpha value is -4.28. The third kappa shape index (κ3) is 8.31. The fraction of sp³-hybridized carbons (Fsp3) is 0.200. The van der Waals surface area contributed by atoms with Gasteiger partial charge >= 0.3 is 23.9 Å². The third-order valence-corrected chi connectivity index (χ3v) is 4.06. The maximum Gasteiger partial charge on any atom is 0.311 e. The van der Waals surface area contributed by atoms with E-state index in [4.69, 9.17) is 20.4 Å². The van der Waals surface area contributed by atoms with Gasteiger partial charge in [-0.2, -0.15) is 0 Å². The maximum absolute atomic E-state index is 10.9. The second-order valence-corrected chi connectivity index (χ2v) is 6.24. The first-order valence-corrected chi connectivity index (χ1v) is 8.71. The number of non-ortho nitro benzene ring substituents is 1. The average Bonchev–Trinajstić information content (AvgIpc) is 2.71. The summed E-state index contributed by atoms with van der Waals surface area (Å²) in [6.45, 7) is 0. The van der Waals surface area contributed by atoms with Crippen molar-refractivity contribution in [3.63, 3.8) is 0 Å². The van der Waals surface area contributed by atoms with Gasteiger partial charge in [-0.15, -0.1) is 0 Å². The van der Waals surface area contributed by atoms with E-state index in [-0.39, 0.29) is 17.7 Å². The second kappa shape index (κ2) is 11.7. The van der Waals surface area contributed by atoms with E-state index in [2.05, 4.69) is 0 Å². The number of carbonyl (C=O) groups is 4. The largest absolute Gasteiger partial charge is 0.481 e. The molecule has 2 unspecified atom stereocenters. The van der Waals surface area contributed by atoms with Crippen LogP contribution < -0.4 is 0 Å². The van der Waals surface area contributed by atoms with Crippen LogP contribution in [0.15, 0.2) is 54.6 Å². The van der Waals surface area contributed by atoms with Crippen LogP contribution in [0.25, 0.3) is 0 Å². The normalized spacial score (nSPS) is 11.9. The van der Waals surface area contributed by atoms with Crippen LogP contribution in [0.1, 0.15) is 35.8 Å². The molecule has 11 heteroatoms. The summed E-state index contributed by atoms with van der Waals surface area (Å²) in [5, 5.41) is 45.2. The predicted molar refractivity (Wildman–Crippen MR) is 105 cm³/mol. The topological polar surface area (TPSA) is 192 Å². The highest BCUT2D eigenvalue weighted by Gasteiger charge is 2.24. The molecule has 0 spiro atoms. The number of nitrogens with zero attached hydrogens (tertiary/aromatic N) is 1. The van der Waals surface area contributed by atoms with Crippen molar-refractivity contribution in [3.8, 4) is 0 Å². The summed E-state index contributed by atoms with van der Waals surface area (Å²) in [5.74, 6) is -6.90. The molecule has 0 bridgehead atoms. The first-order valence-electron chi connectivity index (χ1n) is 8.71. The van der Waals surface area contributed by atoms with Crippen molar-refractivity contribution >= 4 is 29.6 Å². The Bertz CT molecular complexity index is 940. The molecule has 2 aromatic carbocycles. The van der Waals surface area contributed by atoms with Crippen molar-refractivity contribution in [3.05, 3.63) is 75.8 Å². The first kappa shape index (κ1) is 24.8. The molecule has 0 aromatic heterocycles. The third-order valence-electron chi connectivity index (χ3n) is 4.06.